The van der Waals surface area contributed by atoms with Gasteiger partial charge in [-0.25, -0.2) is 18.4 Å². The average Bonchev–Trinajstić information content (AvgIpc) is 3.07. The Balaban J connectivity index is 1.71. The van der Waals surface area contributed by atoms with Gasteiger partial charge in [0.2, 0.25) is 5.88 Å². The molecule has 1 aliphatic rings. The van der Waals surface area contributed by atoms with Crippen LogP contribution >= 0.6 is 0 Å². The van der Waals surface area contributed by atoms with E-state index in [9.17, 15) is 8.42 Å². The van der Waals surface area contributed by atoms with Crippen molar-refractivity contribution in [2.75, 3.05) is 13.1 Å². The molecular weight excluding hydrogens is 316 g/mol. The fraction of sp³-hybridized carbons (Fsp3) is 0.467. The fourth-order valence-electron chi connectivity index (χ4n) is 2.55. The van der Waals surface area contributed by atoms with Crippen molar-refractivity contribution in [2.24, 2.45) is 7.05 Å². The van der Waals surface area contributed by atoms with E-state index < -0.39 is 10.0 Å². The first-order valence-corrected chi connectivity index (χ1v) is 8.91. The number of hydrogen-bond donors (Lipinski definition) is 0. The molecule has 0 bridgehead atoms. The molecule has 0 radical (unpaired) electrons. The largest absolute Gasteiger partial charge is 0.473 e. The van der Waals surface area contributed by atoms with Crippen molar-refractivity contribution in [2.45, 2.75) is 31.4 Å². The molecule has 23 heavy (non-hydrogen) atoms. The third kappa shape index (κ3) is 3.23. The molecule has 1 unspecified atom stereocenters. The number of aromatic nitrogens is 3. The van der Waals surface area contributed by atoms with Crippen molar-refractivity contribution in [1.29, 1.82) is 0 Å². The molecule has 0 amide bonds. The van der Waals surface area contributed by atoms with Gasteiger partial charge in [-0.2, -0.15) is 4.31 Å². The summed E-state index contributed by atoms with van der Waals surface area (Å²) in [7, 11) is -1.79. The number of imidazole rings is 1. The lowest BCUT2D eigenvalue weighted by Gasteiger charge is -2.15. The normalized spacial score (nSPS) is 19.2. The number of rotatable bonds is 4. The van der Waals surface area contributed by atoms with Crippen molar-refractivity contribution >= 4 is 10.0 Å². The first-order valence-electron chi connectivity index (χ1n) is 7.46. The van der Waals surface area contributed by atoms with Crippen LogP contribution in [0.1, 0.15) is 17.9 Å². The maximum absolute atomic E-state index is 12.6. The van der Waals surface area contributed by atoms with Crippen LogP contribution in [0.2, 0.25) is 0 Å². The van der Waals surface area contributed by atoms with Crippen LogP contribution in [0, 0.1) is 13.8 Å². The molecule has 1 aliphatic heterocycles. The van der Waals surface area contributed by atoms with E-state index in [2.05, 4.69) is 9.97 Å². The maximum atomic E-state index is 12.6. The van der Waals surface area contributed by atoms with Crippen LogP contribution in [0.3, 0.4) is 0 Å². The maximum Gasteiger partial charge on any atom is 0.262 e. The van der Waals surface area contributed by atoms with E-state index in [1.54, 1.807) is 30.8 Å². The monoisotopic (exact) mass is 336 g/mol. The van der Waals surface area contributed by atoms with Gasteiger partial charge in [-0.15, -0.1) is 0 Å². The van der Waals surface area contributed by atoms with E-state index in [4.69, 9.17) is 4.74 Å². The van der Waals surface area contributed by atoms with Gasteiger partial charge < -0.3 is 9.30 Å². The Labute approximate surface area is 136 Å². The molecule has 0 spiro atoms. The van der Waals surface area contributed by atoms with Crippen LogP contribution in [0.4, 0.5) is 0 Å². The van der Waals surface area contributed by atoms with Crippen molar-refractivity contribution in [1.82, 2.24) is 18.8 Å². The minimum Gasteiger partial charge on any atom is -0.473 e. The van der Waals surface area contributed by atoms with E-state index in [0.29, 0.717) is 31.2 Å². The Morgan fingerprint density at radius 3 is 2.70 bits per heavy atom. The lowest BCUT2D eigenvalue weighted by Crippen LogP contribution is -2.31. The SMILES string of the molecule is Cc1cccc(OC2CCN(S(=O)(=O)c3cn(C)c(C)n3)C2)n1. The lowest BCUT2D eigenvalue weighted by atomic mass is 10.3. The van der Waals surface area contributed by atoms with Crippen molar-refractivity contribution < 1.29 is 13.2 Å². The number of ether oxygens (including phenoxy) is 1. The molecule has 124 valence electrons. The summed E-state index contributed by atoms with van der Waals surface area (Å²) in [6.07, 6.45) is 1.99. The smallest absolute Gasteiger partial charge is 0.262 e. The van der Waals surface area contributed by atoms with Gasteiger partial charge in [0.1, 0.15) is 11.9 Å². The summed E-state index contributed by atoms with van der Waals surface area (Å²) in [5.74, 6) is 1.20. The Morgan fingerprint density at radius 2 is 2.04 bits per heavy atom. The highest BCUT2D eigenvalue weighted by atomic mass is 32.2. The van der Waals surface area contributed by atoms with Gasteiger partial charge in [0.05, 0.1) is 6.54 Å². The highest BCUT2D eigenvalue weighted by molar-refractivity contribution is 7.89. The predicted molar refractivity (Wildman–Crippen MR) is 84.7 cm³/mol. The summed E-state index contributed by atoms with van der Waals surface area (Å²) >= 11 is 0. The molecule has 2 aromatic rings. The first-order chi connectivity index (χ1) is 10.9. The Hall–Kier alpha value is -1.93. The van der Waals surface area contributed by atoms with Crippen LogP contribution in [0.5, 0.6) is 5.88 Å². The molecule has 7 nitrogen and oxygen atoms in total. The summed E-state index contributed by atoms with van der Waals surface area (Å²) in [5.41, 5.74) is 0.869. The number of aryl methyl sites for hydroxylation is 3. The highest BCUT2D eigenvalue weighted by Crippen LogP contribution is 2.23. The van der Waals surface area contributed by atoms with Crippen LogP contribution in [-0.2, 0) is 17.1 Å². The second-order valence-corrected chi connectivity index (χ2v) is 7.63. The Kier molecular flexibility index (Phi) is 4.11. The number of pyridine rings is 1. The number of hydrogen-bond acceptors (Lipinski definition) is 5. The molecule has 0 aliphatic carbocycles. The standard InChI is InChI=1S/C15H20N4O3S/c1-11-5-4-6-14(16-11)22-13-7-8-19(9-13)23(20,21)15-10-18(3)12(2)17-15/h4-6,10,13H,7-9H2,1-3H3. The van der Waals surface area contributed by atoms with Gasteiger partial charge in [0, 0.05) is 31.5 Å². The Morgan fingerprint density at radius 1 is 1.26 bits per heavy atom. The first kappa shape index (κ1) is 15.9. The van der Waals surface area contributed by atoms with Crippen molar-refractivity contribution in [3.8, 4) is 5.88 Å². The molecule has 3 rings (SSSR count). The summed E-state index contributed by atoms with van der Waals surface area (Å²) in [4.78, 5) is 8.42. The van der Waals surface area contributed by atoms with E-state index in [1.807, 2.05) is 19.1 Å². The zero-order valence-corrected chi connectivity index (χ0v) is 14.2. The number of nitrogens with zero attached hydrogens (tertiary/aromatic N) is 4. The molecule has 0 N–H and O–H groups in total. The lowest BCUT2D eigenvalue weighted by molar-refractivity contribution is 0.206. The average molecular weight is 336 g/mol. The second kappa shape index (κ2) is 5.93. The van der Waals surface area contributed by atoms with Crippen LogP contribution in [0.25, 0.3) is 0 Å². The van der Waals surface area contributed by atoms with Crippen molar-refractivity contribution in [3.05, 3.63) is 35.9 Å². The van der Waals surface area contributed by atoms with Crippen molar-refractivity contribution in [3.63, 3.8) is 0 Å². The topological polar surface area (TPSA) is 77.3 Å². The van der Waals surface area contributed by atoms with Crippen LogP contribution in [-0.4, -0.2) is 46.5 Å². The quantitative estimate of drug-likeness (QED) is 0.840. The third-order valence-electron chi connectivity index (χ3n) is 3.95. The molecule has 1 atom stereocenters. The summed E-state index contributed by atoms with van der Waals surface area (Å²) in [6.45, 7) is 4.40. The molecule has 0 saturated carbocycles. The molecule has 0 aromatic carbocycles. The molecule has 2 aromatic heterocycles. The van der Waals surface area contributed by atoms with Gasteiger partial charge >= 0.3 is 0 Å². The van der Waals surface area contributed by atoms with Gasteiger partial charge in [-0.05, 0) is 26.3 Å². The summed E-state index contributed by atoms with van der Waals surface area (Å²) in [6, 6.07) is 5.55. The molecule has 8 heteroatoms. The number of sulfonamides is 1. The zero-order valence-electron chi connectivity index (χ0n) is 13.4. The van der Waals surface area contributed by atoms with E-state index in [0.717, 1.165) is 5.69 Å². The van der Waals surface area contributed by atoms with Crippen LogP contribution in [0.15, 0.2) is 29.4 Å². The summed E-state index contributed by atoms with van der Waals surface area (Å²) < 4.78 is 34.2. The van der Waals surface area contributed by atoms with Gasteiger partial charge in [-0.1, -0.05) is 6.07 Å². The molecular formula is C15H20N4O3S. The predicted octanol–water partition coefficient (Wildman–Crippen LogP) is 1.27. The third-order valence-corrected chi connectivity index (χ3v) is 5.69. The molecule has 1 fully saturated rings. The second-order valence-electron chi connectivity index (χ2n) is 5.75. The molecule has 1 saturated heterocycles. The van der Waals surface area contributed by atoms with E-state index in [-0.39, 0.29) is 11.1 Å². The van der Waals surface area contributed by atoms with Gasteiger partial charge in [0.25, 0.3) is 10.0 Å². The Bertz CT molecular complexity index is 796. The van der Waals surface area contributed by atoms with Crippen LogP contribution < -0.4 is 4.74 Å². The van der Waals surface area contributed by atoms with Gasteiger partial charge in [-0.3, -0.25) is 0 Å². The van der Waals surface area contributed by atoms with Gasteiger partial charge in [0.15, 0.2) is 5.03 Å². The highest BCUT2D eigenvalue weighted by Gasteiger charge is 2.35. The minimum atomic E-state index is -3.57. The summed E-state index contributed by atoms with van der Waals surface area (Å²) in [5, 5.41) is 0.0897. The van der Waals surface area contributed by atoms with E-state index in [1.165, 1.54) is 4.31 Å². The molecule has 3 heterocycles. The zero-order chi connectivity index (χ0) is 16.6. The fourth-order valence-corrected chi connectivity index (χ4v) is 4.06. The van der Waals surface area contributed by atoms with E-state index >= 15 is 0 Å². The minimum absolute atomic E-state index is 0.0897.